The first kappa shape index (κ1) is 15.2. The van der Waals surface area contributed by atoms with E-state index in [1.165, 1.54) is 31.9 Å². The van der Waals surface area contributed by atoms with Gasteiger partial charge in [-0.1, -0.05) is 12.8 Å². The molecule has 1 aliphatic heterocycles. The van der Waals surface area contributed by atoms with Crippen LogP contribution in [0.5, 0.6) is 11.6 Å². The van der Waals surface area contributed by atoms with E-state index in [-0.39, 0.29) is 5.69 Å². The Labute approximate surface area is 141 Å². The highest BCUT2D eigenvalue weighted by atomic mass is 16.5. The Bertz CT molecular complexity index is 809. The third-order valence-electron chi connectivity index (χ3n) is 4.88. The van der Waals surface area contributed by atoms with Crippen LogP contribution in [-0.2, 0) is 13.0 Å². The first-order valence-electron chi connectivity index (χ1n) is 8.66. The largest absolute Gasteiger partial charge is 0.494 e. The van der Waals surface area contributed by atoms with Gasteiger partial charge in [0, 0.05) is 18.2 Å². The number of hydrogen-bond acceptors (Lipinski definition) is 4. The number of aromatic nitrogens is 2. The van der Waals surface area contributed by atoms with Crippen LogP contribution in [0.25, 0.3) is 11.3 Å². The van der Waals surface area contributed by atoms with E-state index in [9.17, 15) is 4.79 Å². The minimum atomic E-state index is -0.254. The maximum Gasteiger partial charge on any atom is 0.351 e. The van der Waals surface area contributed by atoms with E-state index in [1.54, 1.807) is 4.57 Å². The summed E-state index contributed by atoms with van der Waals surface area (Å²) in [7, 11) is 1.53. The monoisotopic (exact) mass is 326 g/mol. The summed E-state index contributed by atoms with van der Waals surface area (Å²) in [6.07, 6.45) is 6.03. The van der Waals surface area contributed by atoms with Crippen LogP contribution in [0.15, 0.2) is 29.1 Å². The second-order valence-electron chi connectivity index (χ2n) is 6.62. The number of hydrogen-bond donors (Lipinski definition) is 0. The molecule has 0 unspecified atom stereocenters. The van der Waals surface area contributed by atoms with Crippen LogP contribution in [0.2, 0.25) is 0 Å². The molecule has 5 heteroatoms. The van der Waals surface area contributed by atoms with Crippen molar-refractivity contribution in [3.05, 3.63) is 40.3 Å². The lowest BCUT2D eigenvalue weighted by Crippen LogP contribution is -2.28. The van der Waals surface area contributed by atoms with Gasteiger partial charge in [0.1, 0.15) is 5.75 Å². The van der Waals surface area contributed by atoms with Crippen molar-refractivity contribution in [3.63, 3.8) is 0 Å². The molecule has 2 aromatic rings. The molecule has 4 rings (SSSR count). The van der Waals surface area contributed by atoms with E-state index >= 15 is 0 Å². The highest BCUT2D eigenvalue weighted by molar-refractivity contribution is 5.67. The summed E-state index contributed by atoms with van der Waals surface area (Å²) in [5.74, 6) is 2.23. The van der Waals surface area contributed by atoms with Gasteiger partial charge in [-0.15, -0.1) is 0 Å². The second-order valence-corrected chi connectivity index (χ2v) is 6.62. The summed E-state index contributed by atoms with van der Waals surface area (Å²) in [6.45, 7) is 1.42. The molecular weight excluding hydrogens is 304 g/mol. The number of fused-ring (bicyclic) bond motifs is 3. The zero-order valence-corrected chi connectivity index (χ0v) is 14.0. The van der Waals surface area contributed by atoms with Gasteiger partial charge in [-0.2, -0.15) is 4.98 Å². The lowest BCUT2D eigenvalue weighted by atomic mass is 9.97. The molecular formula is C19H22N2O3. The summed E-state index contributed by atoms with van der Waals surface area (Å²) in [6, 6.07) is 7.96. The number of methoxy groups -OCH3 is 1. The predicted octanol–water partition coefficient (Wildman–Crippen LogP) is 3.04. The normalized spacial score (nSPS) is 15.5. The Hall–Kier alpha value is -2.30. The molecule has 1 aromatic carbocycles. The Balaban J connectivity index is 1.54. The van der Waals surface area contributed by atoms with Crippen molar-refractivity contribution in [1.29, 1.82) is 0 Å². The smallest absolute Gasteiger partial charge is 0.351 e. The van der Waals surface area contributed by atoms with Gasteiger partial charge in [0.05, 0.1) is 19.4 Å². The van der Waals surface area contributed by atoms with Crippen LogP contribution in [0.1, 0.15) is 31.2 Å². The topological polar surface area (TPSA) is 53.4 Å². The fourth-order valence-corrected chi connectivity index (χ4v) is 3.35. The first-order valence-corrected chi connectivity index (χ1v) is 8.66. The molecule has 2 heterocycles. The Morgan fingerprint density at radius 1 is 1.29 bits per heavy atom. The Morgan fingerprint density at radius 3 is 2.96 bits per heavy atom. The fraction of sp³-hybridized carbons (Fsp3) is 0.474. The molecule has 0 saturated heterocycles. The third kappa shape index (κ3) is 3.03. The van der Waals surface area contributed by atoms with Gasteiger partial charge in [-0.05, 0) is 48.9 Å². The van der Waals surface area contributed by atoms with Gasteiger partial charge in [-0.25, -0.2) is 4.79 Å². The molecule has 2 aliphatic rings. The van der Waals surface area contributed by atoms with Crippen molar-refractivity contribution < 1.29 is 9.47 Å². The van der Waals surface area contributed by atoms with Gasteiger partial charge >= 0.3 is 5.69 Å². The Kier molecular flexibility index (Phi) is 4.00. The highest BCUT2D eigenvalue weighted by Gasteiger charge is 2.21. The second kappa shape index (κ2) is 6.30. The molecule has 24 heavy (non-hydrogen) atoms. The van der Waals surface area contributed by atoms with Crippen LogP contribution in [0.4, 0.5) is 0 Å². The maximum atomic E-state index is 12.1. The van der Waals surface area contributed by atoms with Crippen LogP contribution in [0.3, 0.4) is 0 Å². The fourth-order valence-electron chi connectivity index (χ4n) is 3.35. The summed E-state index contributed by atoms with van der Waals surface area (Å²) < 4.78 is 12.8. The molecule has 5 nitrogen and oxygen atoms in total. The zero-order chi connectivity index (χ0) is 16.5. The van der Waals surface area contributed by atoms with E-state index in [0.717, 1.165) is 42.4 Å². The van der Waals surface area contributed by atoms with Crippen molar-refractivity contribution in [1.82, 2.24) is 9.55 Å². The first-order chi connectivity index (χ1) is 11.7. The van der Waals surface area contributed by atoms with Gasteiger partial charge in [0.2, 0.25) is 5.88 Å². The van der Waals surface area contributed by atoms with Gasteiger partial charge in [0.25, 0.3) is 0 Å². The highest BCUT2D eigenvalue weighted by Crippen LogP contribution is 2.34. The SMILES string of the molecule is COc1cc2n(c(=O)n1)CCc1cc(OCCCC3CC3)ccc1-2. The van der Waals surface area contributed by atoms with Crippen molar-refractivity contribution in [3.8, 4) is 22.9 Å². The van der Waals surface area contributed by atoms with Gasteiger partial charge in [-0.3, -0.25) is 4.57 Å². The van der Waals surface area contributed by atoms with E-state index < -0.39 is 0 Å². The number of rotatable bonds is 6. The zero-order valence-electron chi connectivity index (χ0n) is 14.0. The predicted molar refractivity (Wildman–Crippen MR) is 91.6 cm³/mol. The molecule has 0 spiro atoms. The molecule has 1 aliphatic carbocycles. The standard InChI is InChI=1S/C19H22N2O3/c1-23-18-12-17-16-7-6-15(24-10-2-3-13-4-5-13)11-14(16)8-9-21(17)19(22)20-18/h6-7,11-13H,2-5,8-10H2,1H3. The lowest BCUT2D eigenvalue weighted by Gasteiger charge is -2.22. The van der Waals surface area contributed by atoms with Crippen molar-refractivity contribution >= 4 is 0 Å². The van der Waals surface area contributed by atoms with E-state index in [2.05, 4.69) is 11.1 Å². The van der Waals surface area contributed by atoms with Crippen molar-refractivity contribution in [2.24, 2.45) is 5.92 Å². The molecule has 0 radical (unpaired) electrons. The molecule has 0 atom stereocenters. The van der Waals surface area contributed by atoms with Crippen LogP contribution >= 0.6 is 0 Å². The van der Waals surface area contributed by atoms with Crippen LogP contribution in [0, 0.1) is 5.92 Å². The molecule has 126 valence electrons. The summed E-state index contributed by atoms with van der Waals surface area (Å²) in [4.78, 5) is 16.0. The minimum Gasteiger partial charge on any atom is -0.494 e. The van der Waals surface area contributed by atoms with Crippen molar-refractivity contribution in [2.45, 2.75) is 38.6 Å². The van der Waals surface area contributed by atoms with Crippen LogP contribution < -0.4 is 15.2 Å². The maximum absolute atomic E-state index is 12.1. The van der Waals surface area contributed by atoms with Crippen molar-refractivity contribution in [2.75, 3.05) is 13.7 Å². The van der Waals surface area contributed by atoms with E-state index in [1.807, 2.05) is 18.2 Å². The number of benzene rings is 1. The van der Waals surface area contributed by atoms with Gasteiger partial charge in [0.15, 0.2) is 0 Å². The summed E-state index contributed by atoms with van der Waals surface area (Å²) in [5, 5.41) is 0. The van der Waals surface area contributed by atoms with E-state index in [0.29, 0.717) is 12.4 Å². The van der Waals surface area contributed by atoms with E-state index in [4.69, 9.17) is 9.47 Å². The average Bonchev–Trinajstić information content (AvgIpc) is 3.42. The Morgan fingerprint density at radius 2 is 2.17 bits per heavy atom. The quantitative estimate of drug-likeness (QED) is 0.766. The molecule has 0 amide bonds. The number of nitrogens with zero attached hydrogens (tertiary/aromatic N) is 2. The molecule has 0 bridgehead atoms. The number of aryl methyl sites for hydroxylation is 1. The lowest BCUT2D eigenvalue weighted by molar-refractivity contribution is 0.303. The minimum absolute atomic E-state index is 0.254. The molecule has 1 fully saturated rings. The molecule has 0 N–H and O–H groups in total. The third-order valence-corrected chi connectivity index (χ3v) is 4.88. The van der Waals surface area contributed by atoms with Crippen LogP contribution in [-0.4, -0.2) is 23.3 Å². The van der Waals surface area contributed by atoms with Gasteiger partial charge < -0.3 is 9.47 Å². The number of ether oxygens (including phenoxy) is 2. The molecule has 1 saturated carbocycles. The average molecular weight is 326 g/mol. The summed E-state index contributed by atoms with van der Waals surface area (Å²) in [5.41, 5.74) is 2.88. The molecule has 1 aromatic heterocycles. The summed E-state index contributed by atoms with van der Waals surface area (Å²) >= 11 is 0.